The van der Waals surface area contributed by atoms with Gasteiger partial charge in [-0.15, -0.1) is 0 Å². The molecule has 0 saturated heterocycles. The topological polar surface area (TPSA) is 87.9 Å². The summed E-state index contributed by atoms with van der Waals surface area (Å²) in [6, 6.07) is 11.3. The number of benzene rings is 2. The number of nitro benzene ring substituents is 1. The zero-order valence-electron chi connectivity index (χ0n) is 12.9. The molecule has 0 spiro atoms. The molecule has 1 atom stereocenters. The Morgan fingerprint density at radius 3 is 2.79 bits per heavy atom. The molecule has 0 saturated carbocycles. The Hall–Kier alpha value is -3.09. The molecule has 0 N–H and O–H groups in total. The van der Waals surface area contributed by atoms with Crippen LogP contribution >= 0.6 is 0 Å². The van der Waals surface area contributed by atoms with Crippen LogP contribution in [-0.4, -0.2) is 24.6 Å². The summed E-state index contributed by atoms with van der Waals surface area (Å²) >= 11 is 0. The van der Waals surface area contributed by atoms with Gasteiger partial charge in [-0.3, -0.25) is 14.9 Å². The molecule has 1 aliphatic rings. The summed E-state index contributed by atoms with van der Waals surface area (Å²) in [6.07, 6.45) is 0.492. The van der Waals surface area contributed by atoms with E-state index in [2.05, 4.69) is 0 Å². The van der Waals surface area contributed by atoms with Gasteiger partial charge in [-0.1, -0.05) is 18.2 Å². The van der Waals surface area contributed by atoms with E-state index in [4.69, 9.17) is 14.2 Å². The lowest BCUT2D eigenvalue weighted by Crippen LogP contribution is -2.31. The highest BCUT2D eigenvalue weighted by atomic mass is 16.6. The molecule has 2 aromatic rings. The molecule has 1 unspecified atom stereocenters. The van der Waals surface area contributed by atoms with Gasteiger partial charge in [-0.25, -0.2) is 0 Å². The summed E-state index contributed by atoms with van der Waals surface area (Å²) in [5, 5.41) is 10.9. The summed E-state index contributed by atoms with van der Waals surface area (Å²) in [4.78, 5) is 22.7. The summed E-state index contributed by atoms with van der Waals surface area (Å²) < 4.78 is 16.0. The molecule has 24 heavy (non-hydrogen) atoms. The number of esters is 1. The van der Waals surface area contributed by atoms with Gasteiger partial charge in [-0.05, 0) is 24.1 Å². The molecule has 0 amide bonds. The predicted octanol–water partition coefficient (Wildman–Crippen LogP) is 2.76. The molecule has 124 valence electrons. The molecule has 1 aliphatic heterocycles. The Morgan fingerprint density at radius 2 is 2.04 bits per heavy atom. The fourth-order valence-corrected chi connectivity index (χ4v) is 2.53. The van der Waals surface area contributed by atoms with Crippen molar-refractivity contribution in [3.05, 3.63) is 58.1 Å². The first kappa shape index (κ1) is 15.8. The predicted molar refractivity (Wildman–Crippen MR) is 84.4 cm³/mol. The first-order valence-corrected chi connectivity index (χ1v) is 7.33. The number of nitro groups is 1. The lowest BCUT2D eigenvalue weighted by Gasteiger charge is -2.24. The van der Waals surface area contributed by atoms with Crippen molar-refractivity contribution in [2.75, 3.05) is 13.7 Å². The lowest BCUT2D eigenvalue weighted by atomic mass is 9.97. The van der Waals surface area contributed by atoms with Crippen molar-refractivity contribution in [1.82, 2.24) is 0 Å². The van der Waals surface area contributed by atoms with Gasteiger partial charge in [0.05, 0.1) is 24.0 Å². The van der Waals surface area contributed by atoms with Crippen LogP contribution in [0.1, 0.15) is 5.56 Å². The number of para-hydroxylation sites is 1. The van der Waals surface area contributed by atoms with Gasteiger partial charge in [0.25, 0.3) is 5.69 Å². The first-order valence-electron chi connectivity index (χ1n) is 7.33. The molecule has 0 aromatic heterocycles. The maximum absolute atomic E-state index is 12.4. The molecule has 7 heteroatoms. The molecule has 0 fully saturated rings. The van der Waals surface area contributed by atoms with Crippen molar-refractivity contribution in [3.8, 4) is 17.2 Å². The van der Waals surface area contributed by atoms with Crippen LogP contribution in [-0.2, 0) is 11.2 Å². The highest BCUT2D eigenvalue weighted by Gasteiger charge is 2.28. The second kappa shape index (κ2) is 6.57. The van der Waals surface area contributed by atoms with E-state index in [1.807, 2.05) is 24.3 Å². The largest absolute Gasteiger partial charge is 0.493 e. The fourth-order valence-electron chi connectivity index (χ4n) is 2.53. The van der Waals surface area contributed by atoms with Crippen molar-refractivity contribution < 1.29 is 23.9 Å². The number of rotatable bonds is 4. The molecular weight excluding hydrogens is 314 g/mol. The van der Waals surface area contributed by atoms with Crippen LogP contribution in [0.2, 0.25) is 0 Å². The van der Waals surface area contributed by atoms with Crippen LogP contribution < -0.4 is 14.2 Å². The number of non-ortho nitro benzene ring substituents is 1. The normalized spacial score (nSPS) is 15.8. The second-order valence-electron chi connectivity index (χ2n) is 5.33. The van der Waals surface area contributed by atoms with E-state index in [1.54, 1.807) is 0 Å². The van der Waals surface area contributed by atoms with E-state index in [0.717, 1.165) is 11.3 Å². The van der Waals surface area contributed by atoms with Crippen molar-refractivity contribution in [2.24, 2.45) is 5.92 Å². The van der Waals surface area contributed by atoms with Gasteiger partial charge < -0.3 is 14.2 Å². The van der Waals surface area contributed by atoms with E-state index >= 15 is 0 Å². The average molecular weight is 329 g/mol. The minimum Gasteiger partial charge on any atom is -0.493 e. The zero-order valence-corrected chi connectivity index (χ0v) is 12.9. The van der Waals surface area contributed by atoms with Gasteiger partial charge in [0.1, 0.15) is 12.4 Å². The number of hydrogen-bond acceptors (Lipinski definition) is 6. The summed E-state index contributed by atoms with van der Waals surface area (Å²) in [6.45, 7) is 0.201. The van der Waals surface area contributed by atoms with Crippen LogP contribution in [0.5, 0.6) is 17.2 Å². The van der Waals surface area contributed by atoms with Gasteiger partial charge in [0.2, 0.25) is 0 Å². The highest BCUT2D eigenvalue weighted by Crippen LogP contribution is 2.33. The Morgan fingerprint density at radius 1 is 1.25 bits per heavy atom. The third-order valence-electron chi connectivity index (χ3n) is 3.78. The summed E-state index contributed by atoms with van der Waals surface area (Å²) in [5.74, 6) is 0.0447. The summed E-state index contributed by atoms with van der Waals surface area (Å²) in [5.41, 5.74) is 0.751. The molecule has 2 aromatic carbocycles. The number of nitrogens with zero attached hydrogens (tertiary/aromatic N) is 1. The third-order valence-corrected chi connectivity index (χ3v) is 3.78. The van der Waals surface area contributed by atoms with E-state index in [1.165, 1.54) is 25.3 Å². The number of carbonyl (C=O) groups excluding carboxylic acids is 1. The van der Waals surface area contributed by atoms with Gasteiger partial charge in [-0.2, -0.15) is 0 Å². The van der Waals surface area contributed by atoms with Crippen LogP contribution in [0.4, 0.5) is 5.69 Å². The SMILES string of the molecule is COc1ccc([N+](=O)[O-])cc1OC(=O)C1COc2ccccc2C1. The standard InChI is InChI=1S/C17H15NO6/c1-22-15-7-6-13(18(20)21)9-16(15)24-17(19)12-8-11-4-2-3-5-14(11)23-10-12/h2-7,9,12H,8,10H2,1H3. The zero-order chi connectivity index (χ0) is 17.1. The van der Waals surface area contributed by atoms with E-state index in [0.29, 0.717) is 6.42 Å². The number of fused-ring (bicyclic) bond motifs is 1. The van der Waals surface area contributed by atoms with Crippen LogP contribution in [0.15, 0.2) is 42.5 Å². The Balaban J connectivity index is 1.78. The average Bonchev–Trinajstić information content (AvgIpc) is 2.61. The summed E-state index contributed by atoms with van der Waals surface area (Å²) in [7, 11) is 1.40. The van der Waals surface area contributed by atoms with Crippen molar-refractivity contribution >= 4 is 11.7 Å². The lowest BCUT2D eigenvalue weighted by molar-refractivity contribution is -0.384. The minimum atomic E-state index is -0.559. The van der Waals surface area contributed by atoms with Crippen LogP contribution in [0, 0.1) is 16.0 Å². The molecular formula is C17H15NO6. The number of methoxy groups -OCH3 is 1. The number of ether oxygens (including phenoxy) is 3. The monoisotopic (exact) mass is 329 g/mol. The van der Waals surface area contributed by atoms with E-state index < -0.39 is 16.8 Å². The van der Waals surface area contributed by atoms with Gasteiger partial charge in [0.15, 0.2) is 11.5 Å². The molecule has 7 nitrogen and oxygen atoms in total. The van der Waals surface area contributed by atoms with Crippen LogP contribution in [0.3, 0.4) is 0 Å². The molecule has 3 rings (SSSR count). The Kier molecular flexibility index (Phi) is 4.33. The second-order valence-corrected chi connectivity index (χ2v) is 5.33. The highest BCUT2D eigenvalue weighted by molar-refractivity contribution is 5.77. The molecule has 0 bridgehead atoms. The molecule has 0 aliphatic carbocycles. The van der Waals surface area contributed by atoms with Crippen molar-refractivity contribution in [2.45, 2.75) is 6.42 Å². The first-order chi connectivity index (χ1) is 11.6. The Bertz CT molecular complexity index is 788. The smallest absolute Gasteiger partial charge is 0.318 e. The maximum atomic E-state index is 12.4. The van der Waals surface area contributed by atoms with Gasteiger partial charge >= 0.3 is 5.97 Å². The number of hydrogen-bond donors (Lipinski definition) is 0. The fraction of sp³-hybridized carbons (Fsp3) is 0.235. The van der Waals surface area contributed by atoms with Crippen molar-refractivity contribution in [3.63, 3.8) is 0 Å². The quantitative estimate of drug-likeness (QED) is 0.371. The molecule has 0 radical (unpaired) electrons. The van der Waals surface area contributed by atoms with Gasteiger partial charge in [0, 0.05) is 6.07 Å². The van der Waals surface area contributed by atoms with Crippen molar-refractivity contribution in [1.29, 1.82) is 0 Å². The maximum Gasteiger partial charge on any atom is 0.318 e. The third kappa shape index (κ3) is 3.15. The van der Waals surface area contributed by atoms with E-state index in [9.17, 15) is 14.9 Å². The Labute approximate surface area is 137 Å². The minimum absolute atomic E-state index is 0.0237. The number of carbonyl (C=O) groups is 1. The van der Waals surface area contributed by atoms with E-state index in [-0.39, 0.29) is 23.8 Å². The molecule has 1 heterocycles. The van der Waals surface area contributed by atoms with Crippen LogP contribution in [0.25, 0.3) is 0 Å².